The molecule has 0 spiro atoms. The van der Waals surface area contributed by atoms with Crippen molar-refractivity contribution in [3.63, 3.8) is 0 Å². The van der Waals surface area contributed by atoms with E-state index in [4.69, 9.17) is 14.2 Å². The SMILES string of the molecule is COc1ccc(-n2nc(-c3ccccc3F)cc2C(=O)NCCc2ccc(OC)c(OC)c2)cc1. The molecular weight excluding hydrogens is 449 g/mol. The zero-order valence-electron chi connectivity index (χ0n) is 19.7. The summed E-state index contributed by atoms with van der Waals surface area (Å²) in [6.45, 7) is 0.386. The van der Waals surface area contributed by atoms with Gasteiger partial charge < -0.3 is 19.5 Å². The van der Waals surface area contributed by atoms with Gasteiger partial charge in [0.2, 0.25) is 0 Å². The quantitative estimate of drug-likeness (QED) is 0.381. The number of halogens is 1. The van der Waals surface area contributed by atoms with Crippen LogP contribution in [0.15, 0.2) is 72.8 Å². The lowest BCUT2D eigenvalue weighted by Gasteiger charge is -2.11. The van der Waals surface area contributed by atoms with Gasteiger partial charge in [-0.3, -0.25) is 4.79 Å². The Kier molecular flexibility index (Phi) is 7.30. The summed E-state index contributed by atoms with van der Waals surface area (Å²) < 4.78 is 31.8. The number of carbonyl (C=O) groups is 1. The average molecular weight is 476 g/mol. The van der Waals surface area contributed by atoms with Gasteiger partial charge >= 0.3 is 0 Å². The van der Waals surface area contributed by atoms with Crippen molar-refractivity contribution in [2.45, 2.75) is 6.42 Å². The van der Waals surface area contributed by atoms with Crippen molar-refractivity contribution in [1.29, 1.82) is 0 Å². The van der Waals surface area contributed by atoms with Crippen LogP contribution in [0.2, 0.25) is 0 Å². The minimum atomic E-state index is -0.410. The van der Waals surface area contributed by atoms with Gasteiger partial charge in [0.05, 0.1) is 32.7 Å². The number of carbonyl (C=O) groups excluding carboxylic acids is 1. The maximum atomic E-state index is 14.4. The highest BCUT2D eigenvalue weighted by molar-refractivity contribution is 5.94. The van der Waals surface area contributed by atoms with Crippen LogP contribution in [0.25, 0.3) is 16.9 Å². The van der Waals surface area contributed by atoms with Crippen LogP contribution in [0, 0.1) is 5.82 Å². The van der Waals surface area contributed by atoms with E-state index in [-0.39, 0.29) is 5.91 Å². The Bertz CT molecular complexity index is 1320. The summed E-state index contributed by atoms with van der Waals surface area (Å²) in [6, 6.07) is 20.7. The number of amides is 1. The number of hydrogen-bond acceptors (Lipinski definition) is 5. The maximum absolute atomic E-state index is 14.4. The molecule has 0 aliphatic carbocycles. The van der Waals surface area contributed by atoms with Gasteiger partial charge in [-0.25, -0.2) is 9.07 Å². The molecule has 4 aromatic rings. The van der Waals surface area contributed by atoms with Crippen molar-refractivity contribution in [2.75, 3.05) is 27.9 Å². The fraction of sp³-hybridized carbons (Fsp3) is 0.185. The molecule has 0 aliphatic heterocycles. The van der Waals surface area contributed by atoms with E-state index in [2.05, 4.69) is 10.4 Å². The molecule has 0 bridgehead atoms. The van der Waals surface area contributed by atoms with E-state index in [1.807, 2.05) is 18.2 Å². The molecule has 3 aromatic carbocycles. The number of benzene rings is 3. The zero-order valence-corrected chi connectivity index (χ0v) is 19.7. The minimum absolute atomic E-state index is 0.292. The fourth-order valence-electron chi connectivity index (χ4n) is 3.71. The van der Waals surface area contributed by atoms with E-state index in [0.29, 0.717) is 52.9 Å². The minimum Gasteiger partial charge on any atom is -0.497 e. The summed E-state index contributed by atoms with van der Waals surface area (Å²) in [6.07, 6.45) is 0.586. The molecule has 0 saturated heterocycles. The molecule has 1 heterocycles. The molecular formula is C27H26FN3O4. The van der Waals surface area contributed by atoms with Gasteiger partial charge in [-0.05, 0) is 66.6 Å². The van der Waals surface area contributed by atoms with E-state index in [9.17, 15) is 9.18 Å². The second-order valence-corrected chi connectivity index (χ2v) is 7.70. The third-order valence-electron chi connectivity index (χ3n) is 5.56. The Morgan fingerprint density at radius 2 is 1.66 bits per heavy atom. The van der Waals surface area contributed by atoms with Crippen molar-refractivity contribution < 1.29 is 23.4 Å². The van der Waals surface area contributed by atoms with Crippen LogP contribution in [0.1, 0.15) is 16.1 Å². The van der Waals surface area contributed by atoms with Crippen molar-refractivity contribution in [1.82, 2.24) is 15.1 Å². The molecule has 1 amide bonds. The number of nitrogens with zero attached hydrogens (tertiary/aromatic N) is 2. The first-order chi connectivity index (χ1) is 17.0. The monoisotopic (exact) mass is 475 g/mol. The van der Waals surface area contributed by atoms with Crippen LogP contribution in [0.3, 0.4) is 0 Å². The molecule has 0 unspecified atom stereocenters. The second kappa shape index (κ2) is 10.7. The first kappa shape index (κ1) is 23.8. The lowest BCUT2D eigenvalue weighted by Crippen LogP contribution is -2.27. The van der Waals surface area contributed by atoms with Crippen LogP contribution in [0.4, 0.5) is 4.39 Å². The summed E-state index contributed by atoms with van der Waals surface area (Å²) >= 11 is 0. The van der Waals surface area contributed by atoms with Gasteiger partial charge in [-0.15, -0.1) is 0 Å². The molecule has 0 fully saturated rings. The molecule has 0 radical (unpaired) electrons. The Morgan fingerprint density at radius 1 is 0.914 bits per heavy atom. The van der Waals surface area contributed by atoms with Crippen LogP contribution >= 0.6 is 0 Å². The van der Waals surface area contributed by atoms with E-state index in [1.54, 1.807) is 69.9 Å². The lowest BCUT2D eigenvalue weighted by molar-refractivity contribution is 0.0946. The molecule has 0 aliphatic rings. The Balaban J connectivity index is 1.58. The van der Waals surface area contributed by atoms with Gasteiger partial charge in [-0.2, -0.15) is 5.10 Å². The van der Waals surface area contributed by atoms with Gasteiger partial charge in [0.15, 0.2) is 11.5 Å². The van der Waals surface area contributed by atoms with Crippen LogP contribution in [0.5, 0.6) is 17.2 Å². The standard InChI is InChI=1S/C27H26FN3O4/c1-33-20-11-9-19(10-12-20)31-24(17-23(30-31)21-6-4-5-7-22(21)28)27(32)29-15-14-18-8-13-25(34-2)26(16-18)35-3/h4-13,16-17H,14-15H2,1-3H3,(H,29,32). The van der Waals surface area contributed by atoms with Crippen LogP contribution in [-0.4, -0.2) is 43.6 Å². The van der Waals surface area contributed by atoms with Crippen molar-refractivity contribution in [3.8, 4) is 34.2 Å². The van der Waals surface area contributed by atoms with Gasteiger partial charge in [0.1, 0.15) is 17.3 Å². The topological polar surface area (TPSA) is 74.6 Å². The fourth-order valence-corrected chi connectivity index (χ4v) is 3.71. The van der Waals surface area contributed by atoms with Crippen LogP contribution in [-0.2, 0) is 6.42 Å². The summed E-state index contributed by atoms with van der Waals surface area (Å²) in [5.41, 5.74) is 2.61. The average Bonchev–Trinajstić information content (AvgIpc) is 3.34. The summed E-state index contributed by atoms with van der Waals surface area (Å²) in [5.74, 6) is 1.22. The Morgan fingerprint density at radius 3 is 2.34 bits per heavy atom. The number of hydrogen-bond donors (Lipinski definition) is 1. The predicted molar refractivity (Wildman–Crippen MR) is 131 cm³/mol. The van der Waals surface area contributed by atoms with Crippen molar-refractivity contribution in [3.05, 3.63) is 89.9 Å². The molecule has 0 atom stereocenters. The van der Waals surface area contributed by atoms with E-state index in [1.165, 1.54) is 10.7 Å². The first-order valence-corrected chi connectivity index (χ1v) is 11.0. The molecule has 7 nitrogen and oxygen atoms in total. The van der Waals surface area contributed by atoms with Gasteiger partial charge in [0, 0.05) is 12.1 Å². The Labute approximate surface area is 203 Å². The predicted octanol–water partition coefficient (Wildman–Crippen LogP) is 4.68. The van der Waals surface area contributed by atoms with Gasteiger partial charge in [-0.1, -0.05) is 18.2 Å². The largest absolute Gasteiger partial charge is 0.497 e. The van der Waals surface area contributed by atoms with Crippen LogP contribution < -0.4 is 19.5 Å². The molecule has 4 rings (SSSR count). The Hall–Kier alpha value is -4.33. The van der Waals surface area contributed by atoms with Gasteiger partial charge in [0.25, 0.3) is 5.91 Å². The number of rotatable bonds is 9. The highest BCUT2D eigenvalue weighted by atomic mass is 19.1. The number of ether oxygens (including phenoxy) is 3. The van der Waals surface area contributed by atoms with Crippen molar-refractivity contribution >= 4 is 5.91 Å². The third-order valence-corrected chi connectivity index (χ3v) is 5.56. The summed E-state index contributed by atoms with van der Waals surface area (Å²) in [4.78, 5) is 13.2. The number of aromatic nitrogens is 2. The molecule has 35 heavy (non-hydrogen) atoms. The first-order valence-electron chi connectivity index (χ1n) is 11.0. The molecule has 1 N–H and O–H groups in total. The summed E-state index contributed by atoms with van der Waals surface area (Å²) in [7, 11) is 4.74. The maximum Gasteiger partial charge on any atom is 0.270 e. The molecule has 180 valence electrons. The highest BCUT2D eigenvalue weighted by Gasteiger charge is 2.19. The zero-order chi connectivity index (χ0) is 24.8. The third kappa shape index (κ3) is 5.27. The molecule has 0 saturated carbocycles. The van der Waals surface area contributed by atoms with Crippen molar-refractivity contribution in [2.24, 2.45) is 0 Å². The normalized spacial score (nSPS) is 10.6. The lowest BCUT2D eigenvalue weighted by atomic mass is 10.1. The van der Waals surface area contributed by atoms with E-state index in [0.717, 1.165) is 5.56 Å². The van der Waals surface area contributed by atoms with E-state index >= 15 is 0 Å². The smallest absolute Gasteiger partial charge is 0.270 e. The number of nitrogens with one attached hydrogen (secondary N) is 1. The highest BCUT2D eigenvalue weighted by Crippen LogP contribution is 2.28. The van der Waals surface area contributed by atoms with E-state index < -0.39 is 5.82 Å². The molecule has 8 heteroatoms. The number of methoxy groups -OCH3 is 3. The second-order valence-electron chi connectivity index (χ2n) is 7.70. The molecule has 1 aromatic heterocycles. The summed E-state index contributed by atoms with van der Waals surface area (Å²) in [5, 5.41) is 7.48.